The monoisotopic (exact) mass is 476 g/mol. The van der Waals surface area contributed by atoms with Crippen LogP contribution in [-0.2, 0) is 21.1 Å². The van der Waals surface area contributed by atoms with E-state index in [1.54, 1.807) is 6.20 Å². The predicted molar refractivity (Wildman–Crippen MR) is 122 cm³/mol. The molecule has 2 aromatic rings. The maximum absolute atomic E-state index is 14.3. The number of aromatic nitrogens is 2. The van der Waals surface area contributed by atoms with Crippen LogP contribution < -0.4 is 10.1 Å². The minimum Gasteiger partial charge on any atom is -0.487 e. The van der Waals surface area contributed by atoms with Crippen LogP contribution in [0, 0.1) is 19.7 Å². The summed E-state index contributed by atoms with van der Waals surface area (Å²) < 4.78 is 43.7. The number of aryl methyl sites for hydroxylation is 2. The van der Waals surface area contributed by atoms with Crippen LogP contribution in [0.5, 0.6) is 5.75 Å². The number of hydrogen-bond acceptors (Lipinski definition) is 7. The second-order valence-corrected chi connectivity index (χ2v) is 11.2. The molecule has 2 atom stereocenters. The molecule has 2 aliphatic heterocycles. The molecule has 1 aromatic carbocycles. The molecular formula is C23H29FN4O4S. The van der Waals surface area contributed by atoms with Crippen molar-refractivity contribution in [3.8, 4) is 17.0 Å². The molecule has 0 spiro atoms. The Balaban J connectivity index is 1.34. The normalized spacial score (nSPS) is 21.1. The number of benzene rings is 1. The van der Waals surface area contributed by atoms with E-state index in [4.69, 9.17) is 4.74 Å². The lowest BCUT2D eigenvalue weighted by atomic mass is 10.0. The highest BCUT2D eigenvalue weighted by Gasteiger charge is 2.31. The van der Waals surface area contributed by atoms with Gasteiger partial charge in [-0.1, -0.05) is 0 Å². The third kappa shape index (κ3) is 5.50. The van der Waals surface area contributed by atoms with Gasteiger partial charge in [-0.05, 0) is 39.4 Å². The number of sulfone groups is 1. The number of rotatable bonds is 7. The topological polar surface area (TPSA) is 101 Å². The molecule has 4 rings (SSSR count). The largest absolute Gasteiger partial charge is 0.487 e. The van der Waals surface area contributed by atoms with Gasteiger partial charge in [0.15, 0.2) is 9.84 Å². The Morgan fingerprint density at radius 3 is 2.85 bits per heavy atom. The molecule has 0 aliphatic carbocycles. The van der Waals surface area contributed by atoms with Crippen LogP contribution in [0.4, 0.5) is 4.39 Å². The number of ether oxygens (including phenoxy) is 1. The standard InChI is InChI=1S/C23H29FN4O4S/c1-14-11-25-15(2)22(27-14)20-10-17(24)8-16-9-19(32-23(16)20)12-26-21(29)4-6-28(3)18-5-7-33(30,31)13-18/h8,10-11,18-19H,4-7,9,12-13H2,1-3H3,(H,26,29)/t18-,19-/m1/s1. The Bertz CT molecular complexity index is 1170. The van der Waals surface area contributed by atoms with Crippen LogP contribution in [0.3, 0.4) is 0 Å². The fourth-order valence-electron chi connectivity index (χ4n) is 4.38. The molecule has 1 N–H and O–H groups in total. The van der Waals surface area contributed by atoms with Crippen molar-refractivity contribution in [1.29, 1.82) is 0 Å². The molecule has 1 amide bonds. The van der Waals surface area contributed by atoms with Crippen LogP contribution in [-0.4, -0.2) is 73.0 Å². The summed E-state index contributed by atoms with van der Waals surface area (Å²) in [4.78, 5) is 23.1. The van der Waals surface area contributed by atoms with Gasteiger partial charge >= 0.3 is 0 Å². The zero-order chi connectivity index (χ0) is 23.8. The summed E-state index contributed by atoms with van der Waals surface area (Å²) in [5.41, 5.74) is 3.32. The van der Waals surface area contributed by atoms with E-state index < -0.39 is 9.84 Å². The first-order valence-electron chi connectivity index (χ1n) is 11.1. The number of hydrogen-bond donors (Lipinski definition) is 1. The third-order valence-electron chi connectivity index (χ3n) is 6.24. The number of carbonyl (C=O) groups is 1. The van der Waals surface area contributed by atoms with Crippen LogP contribution >= 0.6 is 0 Å². The van der Waals surface area contributed by atoms with Crippen LogP contribution in [0.1, 0.15) is 29.8 Å². The summed E-state index contributed by atoms with van der Waals surface area (Å²) in [6, 6.07) is 2.84. The highest BCUT2D eigenvalue weighted by atomic mass is 32.2. The summed E-state index contributed by atoms with van der Waals surface area (Å²) in [6.45, 7) is 4.44. The van der Waals surface area contributed by atoms with E-state index in [0.717, 1.165) is 11.3 Å². The van der Waals surface area contributed by atoms with Gasteiger partial charge in [0.2, 0.25) is 5.91 Å². The van der Waals surface area contributed by atoms with Gasteiger partial charge in [0, 0.05) is 42.8 Å². The van der Waals surface area contributed by atoms with E-state index in [1.807, 2.05) is 25.8 Å². The SMILES string of the molecule is Cc1cnc(C)c(-c2cc(F)cc3c2O[C@@H](CNC(=O)CCN(C)[C@@H]2CCS(=O)(=O)C2)C3)n1. The summed E-state index contributed by atoms with van der Waals surface area (Å²) in [7, 11) is -1.10. The van der Waals surface area contributed by atoms with Crippen molar-refractivity contribution in [3.63, 3.8) is 0 Å². The minimum atomic E-state index is -2.95. The summed E-state index contributed by atoms with van der Waals surface area (Å²) >= 11 is 0. The molecule has 0 bridgehead atoms. The molecule has 1 aromatic heterocycles. The highest BCUT2D eigenvalue weighted by Crippen LogP contribution is 2.39. The van der Waals surface area contributed by atoms with Crippen molar-refractivity contribution < 1.29 is 22.3 Å². The van der Waals surface area contributed by atoms with E-state index in [2.05, 4.69) is 15.3 Å². The Morgan fingerprint density at radius 2 is 2.12 bits per heavy atom. The van der Waals surface area contributed by atoms with E-state index in [9.17, 15) is 17.6 Å². The van der Waals surface area contributed by atoms with Crippen LogP contribution in [0.25, 0.3) is 11.3 Å². The molecule has 0 unspecified atom stereocenters. The number of carbonyl (C=O) groups excluding carboxylic acids is 1. The van der Waals surface area contributed by atoms with Crippen molar-refractivity contribution in [1.82, 2.24) is 20.2 Å². The Morgan fingerprint density at radius 1 is 1.33 bits per heavy atom. The first-order chi connectivity index (χ1) is 15.6. The predicted octanol–water partition coefficient (Wildman–Crippen LogP) is 1.83. The molecule has 10 heteroatoms. The molecular weight excluding hydrogens is 447 g/mol. The van der Waals surface area contributed by atoms with Gasteiger partial charge in [-0.3, -0.25) is 9.78 Å². The maximum Gasteiger partial charge on any atom is 0.221 e. The quantitative estimate of drug-likeness (QED) is 0.651. The van der Waals surface area contributed by atoms with Crippen molar-refractivity contribution in [2.24, 2.45) is 0 Å². The second kappa shape index (κ2) is 9.34. The second-order valence-electron chi connectivity index (χ2n) is 8.92. The first kappa shape index (κ1) is 23.6. The molecule has 0 radical (unpaired) electrons. The third-order valence-corrected chi connectivity index (χ3v) is 7.99. The molecule has 33 heavy (non-hydrogen) atoms. The minimum absolute atomic E-state index is 0.0306. The van der Waals surface area contributed by atoms with E-state index in [-0.39, 0.29) is 41.8 Å². The highest BCUT2D eigenvalue weighted by molar-refractivity contribution is 7.91. The molecule has 1 fully saturated rings. The van der Waals surface area contributed by atoms with E-state index in [0.29, 0.717) is 48.6 Å². The fourth-order valence-corrected chi connectivity index (χ4v) is 6.18. The molecule has 3 heterocycles. The van der Waals surface area contributed by atoms with Gasteiger partial charge in [-0.25, -0.2) is 17.8 Å². The number of fused-ring (bicyclic) bond motifs is 1. The van der Waals surface area contributed by atoms with Gasteiger partial charge in [0.1, 0.15) is 17.7 Å². The number of nitrogens with one attached hydrogen (secondary N) is 1. The van der Waals surface area contributed by atoms with Gasteiger partial charge in [0.05, 0.1) is 35.1 Å². The molecule has 178 valence electrons. The van der Waals surface area contributed by atoms with E-state index in [1.165, 1.54) is 12.1 Å². The average Bonchev–Trinajstić information content (AvgIpc) is 3.34. The average molecular weight is 477 g/mol. The summed E-state index contributed by atoms with van der Waals surface area (Å²) in [5, 5.41) is 2.89. The zero-order valence-corrected chi connectivity index (χ0v) is 19.9. The molecule has 2 aliphatic rings. The Labute approximate surface area is 193 Å². The first-order valence-corrected chi connectivity index (χ1v) is 12.9. The van der Waals surface area contributed by atoms with Gasteiger partial charge < -0.3 is 15.0 Å². The van der Waals surface area contributed by atoms with Crippen molar-refractivity contribution in [2.45, 2.75) is 45.3 Å². The summed E-state index contributed by atoms with van der Waals surface area (Å²) in [6.07, 6.45) is 2.72. The molecule has 1 saturated heterocycles. The lowest BCUT2D eigenvalue weighted by molar-refractivity contribution is -0.121. The molecule has 0 saturated carbocycles. The number of halogens is 1. The Hall–Kier alpha value is -2.59. The van der Waals surface area contributed by atoms with Crippen molar-refractivity contribution >= 4 is 15.7 Å². The smallest absolute Gasteiger partial charge is 0.221 e. The summed E-state index contributed by atoms with van der Waals surface area (Å²) in [5.74, 6) is 0.457. The van der Waals surface area contributed by atoms with Gasteiger partial charge in [0.25, 0.3) is 0 Å². The van der Waals surface area contributed by atoms with Gasteiger partial charge in [-0.15, -0.1) is 0 Å². The lowest BCUT2D eigenvalue weighted by Gasteiger charge is -2.22. The van der Waals surface area contributed by atoms with E-state index >= 15 is 0 Å². The fraction of sp³-hybridized carbons (Fsp3) is 0.522. The number of nitrogens with zero attached hydrogens (tertiary/aromatic N) is 3. The zero-order valence-electron chi connectivity index (χ0n) is 19.1. The maximum atomic E-state index is 14.3. The Kier molecular flexibility index (Phi) is 6.67. The van der Waals surface area contributed by atoms with Crippen LogP contribution in [0.15, 0.2) is 18.3 Å². The van der Waals surface area contributed by atoms with Gasteiger partial charge in [-0.2, -0.15) is 0 Å². The number of amides is 1. The van der Waals surface area contributed by atoms with Crippen LogP contribution in [0.2, 0.25) is 0 Å². The van der Waals surface area contributed by atoms with Crippen molar-refractivity contribution in [2.75, 3.05) is 31.6 Å². The van der Waals surface area contributed by atoms with Crippen molar-refractivity contribution in [3.05, 3.63) is 41.1 Å². The molecule has 8 nitrogen and oxygen atoms in total. The lowest BCUT2D eigenvalue weighted by Crippen LogP contribution is -2.38.